The highest BCUT2D eigenvalue weighted by Crippen LogP contribution is 2.27. The van der Waals surface area contributed by atoms with E-state index in [0.29, 0.717) is 32.9 Å². The summed E-state index contributed by atoms with van der Waals surface area (Å²) in [4.78, 5) is 26.7. The number of hydrogen-bond acceptors (Lipinski definition) is 3. The van der Waals surface area contributed by atoms with Crippen molar-refractivity contribution in [2.45, 2.75) is 6.42 Å². The van der Waals surface area contributed by atoms with E-state index in [2.05, 4.69) is 10.3 Å². The van der Waals surface area contributed by atoms with Crippen LogP contribution in [0.25, 0.3) is 10.9 Å². The van der Waals surface area contributed by atoms with Gasteiger partial charge in [0.2, 0.25) is 5.91 Å². The Balaban J connectivity index is 1.90. The number of hydrogen-bond donors (Lipinski definition) is 3. The number of rotatable bonds is 5. The third-order valence-corrected chi connectivity index (χ3v) is 4.01. The number of ether oxygens (including phenoxy) is 1. The first-order valence-corrected chi connectivity index (χ1v) is 7.83. The second kappa shape index (κ2) is 6.86. The molecule has 0 saturated heterocycles. The third kappa shape index (κ3) is 3.59. The second-order valence-electron chi connectivity index (χ2n) is 5.43. The molecule has 128 valence electrons. The molecule has 0 bridgehead atoms. The van der Waals surface area contributed by atoms with Crippen LogP contribution in [0.3, 0.4) is 0 Å². The number of aromatic carboxylic acids is 1. The zero-order valence-electron chi connectivity index (χ0n) is 13.3. The Hall–Kier alpha value is -2.99. The van der Waals surface area contributed by atoms with E-state index < -0.39 is 5.97 Å². The SMILES string of the molecule is COc1cccc(NC(=O)Cc2c(C(=O)O)[nH]c3ccc(Cl)cc23)c1. The van der Waals surface area contributed by atoms with E-state index in [1.807, 2.05) is 0 Å². The molecule has 2 aromatic carbocycles. The number of aromatic nitrogens is 1. The standard InChI is InChI=1S/C18H15ClN2O4/c1-25-12-4-2-3-11(8-12)20-16(22)9-14-13-7-10(19)5-6-15(13)21-17(14)18(23)24/h2-8,21H,9H2,1H3,(H,20,22)(H,23,24). The minimum atomic E-state index is -1.13. The van der Waals surface area contributed by atoms with Gasteiger partial charge in [-0.3, -0.25) is 4.79 Å². The Labute approximate surface area is 148 Å². The molecule has 0 spiro atoms. The lowest BCUT2D eigenvalue weighted by Crippen LogP contribution is -2.16. The fourth-order valence-corrected chi connectivity index (χ4v) is 2.82. The van der Waals surface area contributed by atoms with Crippen LogP contribution in [-0.4, -0.2) is 29.1 Å². The topological polar surface area (TPSA) is 91.4 Å². The van der Waals surface area contributed by atoms with Crippen LogP contribution in [0.4, 0.5) is 5.69 Å². The summed E-state index contributed by atoms with van der Waals surface area (Å²) >= 11 is 6.00. The summed E-state index contributed by atoms with van der Waals surface area (Å²) < 4.78 is 5.12. The summed E-state index contributed by atoms with van der Waals surface area (Å²) in [5.74, 6) is -0.851. The Morgan fingerprint density at radius 3 is 2.76 bits per heavy atom. The molecule has 3 aromatic rings. The highest BCUT2D eigenvalue weighted by Gasteiger charge is 2.20. The van der Waals surface area contributed by atoms with Gasteiger partial charge in [0.15, 0.2) is 0 Å². The van der Waals surface area contributed by atoms with Gasteiger partial charge in [0.25, 0.3) is 0 Å². The van der Waals surface area contributed by atoms with Crippen LogP contribution < -0.4 is 10.1 Å². The van der Waals surface area contributed by atoms with Gasteiger partial charge in [0.1, 0.15) is 11.4 Å². The first-order chi connectivity index (χ1) is 12.0. The summed E-state index contributed by atoms with van der Waals surface area (Å²) in [6.45, 7) is 0. The number of halogens is 1. The van der Waals surface area contributed by atoms with E-state index >= 15 is 0 Å². The predicted octanol–water partition coefficient (Wildman–Crippen LogP) is 3.71. The minimum Gasteiger partial charge on any atom is -0.497 e. The molecule has 0 aliphatic rings. The molecule has 3 rings (SSSR count). The summed E-state index contributed by atoms with van der Waals surface area (Å²) in [5, 5.41) is 13.2. The van der Waals surface area contributed by atoms with Crippen LogP contribution >= 0.6 is 11.6 Å². The quantitative estimate of drug-likeness (QED) is 0.648. The van der Waals surface area contributed by atoms with Gasteiger partial charge in [-0.25, -0.2) is 4.79 Å². The Morgan fingerprint density at radius 1 is 1.24 bits per heavy atom. The van der Waals surface area contributed by atoms with Gasteiger partial charge in [-0.15, -0.1) is 0 Å². The molecule has 0 unspecified atom stereocenters. The average Bonchev–Trinajstić information content (AvgIpc) is 2.93. The van der Waals surface area contributed by atoms with E-state index in [-0.39, 0.29) is 18.0 Å². The molecular weight excluding hydrogens is 344 g/mol. The zero-order chi connectivity index (χ0) is 18.0. The summed E-state index contributed by atoms with van der Waals surface area (Å²) in [6, 6.07) is 11.9. The highest BCUT2D eigenvalue weighted by atomic mass is 35.5. The molecule has 7 heteroatoms. The predicted molar refractivity (Wildman–Crippen MR) is 95.6 cm³/mol. The Kier molecular flexibility index (Phi) is 4.63. The molecule has 1 heterocycles. The smallest absolute Gasteiger partial charge is 0.352 e. The maximum Gasteiger partial charge on any atom is 0.352 e. The molecule has 1 amide bonds. The van der Waals surface area contributed by atoms with Gasteiger partial charge in [0.05, 0.1) is 13.5 Å². The molecule has 0 aliphatic heterocycles. The van der Waals surface area contributed by atoms with Crippen molar-refractivity contribution >= 4 is 40.1 Å². The normalized spacial score (nSPS) is 10.6. The van der Waals surface area contributed by atoms with E-state index in [9.17, 15) is 14.7 Å². The molecule has 0 atom stereocenters. The molecule has 6 nitrogen and oxygen atoms in total. The largest absolute Gasteiger partial charge is 0.497 e. The zero-order valence-corrected chi connectivity index (χ0v) is 14.1. The van der Waals surface area contributed by atoms with Crippen molar-refractivity contribution in [3.8, 4) is 5.75 Å². The van der Waals surface area contributed by atoms with E-state index in [0.717, 1.165) is 0 Å². The third-order valence-electron chi connectivity index (χ3n) is 3.77. The maximum absolute atomic E-state index is 12.4. The monoisotopic (exact) mass is 358 g/mol. The van der Waals surface area contributed by atoms with Crippen LogP contribution in [0.15, 0.2) is 42.5 Å². The van der Waals surface area contributed by atoms with Crippen LogP contribution in [0, 0.1) is 0 Å². The molecule has 0 aliphatic carbocycles. The minimum absolute atomic E-state index is 0.0157. The van der Waals surface area contributed by atoms with Crippen molar-refractivity contribution < 1.29 is 19.4 Å². The lowest BCUT2D eigenvalue weighted by Gasteiger charge is -2.07. The van der Waals surface area contributed by atoms with Crippen molar-refractivity contribution in [3.63, 3.8) is 0 Å². The summed E-state index contributed by atoms with van der Waals surface area (Å²) in [7, 11) is 1.54. The molecule has 3 N–H and O–H groups in total. The van der Waals surface area contributed by atoms with Gasteiger partial charge in [-0.05, 0) is 30.3 Å². The number of carbonyl (C=O) groups is 2. The number of carboxylic acids is 1. The lowest BCUT2D eigenvalue weighted by atomic mass is 10.1. The fourth-order valence-electron chi connectivity index (χ4n) is 2.65. The molecule has 1 aromatic heterocycles. The first-order valence-electron chi connectivity index (χ1n) is 7.45. The molecule has 0 fully saturated rings. The van der Waals surface area contributed by atoms with Crippen molar-refractivity contribution in [3.05, 3.63) is 58.7 Å². The van der Waals surface area contributed by atoms with Gasteiger partial charge in [0, 0.05) is 33.2 Å². The molecule has 0 saturated carbocycles. The molecule has 25 heavy (non-hydrogen) atoms. The van der Waals surface area contributed by atoms with Crippen molar-refractivity contribution in [1.29, 1.82) is 0 Å². The summed E-state index contributed by atoms with van der Waals surface area (Å²) in [6.07, 6.45) is -0.0980. The van der Waals surface area contributed by atoms with Crippen LogP contribution in [0.1, 0.15) is 16.1 Å². The van der Waals surface area contributed by atoms with Gasteiger partial charge >= 0.3 is 5.97 Å². The number of H-pyrrole nitrogens is 1. The van der Waals surface area contributed by atoms with Crippen LogP contribution in [0.2, 0.25) is 5.02 Å². The van der Waals surface area contributed by atoms with Crippen molar-refractivity contribution in [2.75, 3.05) is 12.4 Å². The number of carbonyl (C=O) groups excluding carboxylic acids is 1. The van der Waals surface area contributed by atoms with Crippen LogP contribution in [-0.2, 0) is 11.2 Å². The number of amides is 1. The number of carboxylic acid groups (broad SMARTS) is 1. The van der Waals surface area contributed by atoms with Gasteiger partial charge in [-0.2, -0.15) is 0 Å². The highest BCUT2D eigenvalue weighted by molar-refractivity contribution is 6.31. The lowest BCUT2D eigenvalue weighted by molar-refractivity contribution is -0.115. The molecular formula is C18H15ClN2O4. The van der Waals surface area contributed by atoms with Crippen LogP contribution in [0.5, 0.6) is 5.75 Å². The van der Waals surface area contributed by atoms with E-state index in [4.69, 9.17) is 16.3 Å². The Bertz CT molecular complexity index is 965. The summed E-state index contributed by atoms with van der Waals surface area (Å²) in [5.41, 5.74) is 1.56. The first kappa shape index (κ1) is 16.9. The number of methoxy groups -OCH3 is 1. The van der Waals surface area contributed by atoms with Crippen molar-refractivity contribution in [1.82, 2.24) is 4.98 Å². The second-order valence-corrected chi connectivity index (χ2v) is 5.87. The number of benzene rings is 2. The van der Waals surface area contributed by atoms with Crippen molar-refractivity contribution in [2.24, 2.45) is 0 Å². The van der Waals surface area contributed by atoms with E-state index in [1.54, 1.807) is 42.5 Å². The number of fused-ring (bicyclic) bond motifs is 1. The van der Waals surface area contributed by atoms with Gasteiger partial charge in [-0.1, -0.05) is 17.7 Å². The number of aromatic amines is 1. The fraction of sp³-hybridized carbons (Fsp3) is 0.111. The maximum atomic E-state index is 12.4. The number of nitrogens with one attached hydrogen (secondary N) is 2. The molecule has 0 radical (unpaired) electrons. The van der Waals surface area contributed by atoms with E-state index in [1.165, 1.54) is 7.11 Å². The van der Waals surface area contributed by atoms with Gasteiger partial charge < -0.3 is 20.1 Å². The average molecular weight is 359 g/mol. The number of anilines is 1. The Morgan fingerprint density at radius 2 is 2.04 bits per heavy atom.